The van der Waals surface area contributed by atoms with Crippen molar-refractivity contribution in [1.29, 1.82) is 0 Å². The van der Waals surface area contributed by atoms with E-state index in [4.69, 9.17) is 9.15 Å². The van der Waals surface area contributed by atoms with E-state index in [9.17, 15) is 4.79 Å². The summed E-state index contributed by atoms with van der Waals surface area (Å²) in [5, 5.41) is 2.73. The number of hydrogen-bond acceptors (Lipinski definition) is 4. The van der Waals surface area contributed by atoms with Crippen LogP contribution in [0, 0.1) is 11.8 Å². The van der Waals surface area contributed by atoms with Crippen LogP contribution in [-0.2, 0) is 16.1 Å². The van der Waals surface area contributed by atoms with Gasteiger partial charge in [0.1, 0.15) is 5.76 Å². The first-order chi connectivity index (χ1) is 9.13. The van der Waals surface area contributed by atoms with E-state index >= 15 is 0 Å². The fourth-order valence-electron chi connectivity index (χ4n) is 2.61. The van der Waals surface area contributed by atoms with Gasteiger partial charge < -0.3 is 14.5 Å². The normalized spacial score (nSPS) is 23.7. The summed E-state index contributed by atoms with van der Waals surface area (Å²) >= 11 is 3.30. The van der Waals surface area contributed by atoms with Gasteiger partial charge in [0.05, 0.1) is 19.1 Å². The number of nitrogens with one attached hydrogen (secondary N) is 1. The summed E-state index contributed by atoms with van der Waals surface area (Å²) in [5.74, 6) is 1.22. The molecule has 2 heterocycles. The Labute approximate surface area is 121 Å². The van der Waals surface area contributed by atoms with Crippen molar-refractivity contribution in [2.45, 2.75) is 6.54 Å². The van der Waals surface area contributed by atoms with E-state index in [1.165, 1.54) is 0 Å². The van der Waals surface area contributed by atoms with Crippen molar-refractivity contribution in [2.75, 3.05) is 33.9 Å². The molecule has 1 aliphatic heterocycles. The molecule has 106 valence electrons. The summed E-state index contributed by atoms with van der Waals surface area (Å²) in [6.07, 6.45) is 0. The summed E-state index contributed by atoms with van der Waals surface area (Å²) < 4.78 is 11.5. The van der Waals surface area contributed by atoms with Gasteiger partial charge in [-0.3, -0.25) is 9.69 Å². The Kier molecular flexibility index (Phi) is 5.01. The molecule has 5 nitrogen and oxygen atoms in total. The van der Waals surface area contributed by atoms with Crippen molar-refractivity contribution in [3.8, 4) is 0 Å². The number of amides is 1. The Morgan fingerprint density at radius 1 is 1.58 bits per heavy atom. The molecular weight excluding hydrogens is 312 g/mol. The van der Waals surface area contributed by atoms with Gasteiger partial charge in [-0.25, -0.2) is 0 Å². The highest BCUT2D eigenvalue weighted by atomic mass is 79.9. The number of ether oxygens (including phenoxy) is 1. The lowest BCUT2D eigenvalue weighted by Crippen LogP contribution is -2.34. The standard InChI is InChI=1S/C13H19BrN2O3/c1-15-13(17)11-7-16(5-9(11)8-18-2)6-10-3-4-12(14)19-10/h3-4,9,11H,5-8H2,1-2H3,(H,15,17)/t9-,11+/m0/s1. The second-order valence-corrected chi connectivity index (χ2v) is 5.62. The maximum absolute atomic E-state index is 11.9. The number of rotatable bonds is 5. The highest BCUT2D eigenvalue weighted by Gasteiger charge is 2.37. The minimum atomic E-state index is -0.0108. The van der Waals surface area contributed by atoms with Gasteiger partial charge in [-0.05, 0) is 28.1 Å². The topological polar surface area (TPSA) is 54.7 Å². The highest BCUT2D eigenvalue weighted by Crippen LogP contribution is 2.26. The average Bonchev–Trinajstić information content (AvgIpc) is 2.96. The van der Waals surface area contributed by atoms with Gasteiger partial charge in [0, 0.05) is 33.2 Å². The number of methoxy groups -OCH3 is 1. The molecule has 1 aliphatic rings. The van der Waals surface area contributed by atoms with Gasteiger partial charge in [-0.15, -0.1) is 0 Å². The lowest BCUT2D eigenvalue weighted by Gasteiger charge is -2.15. The molecule has 0 saturated carbocycles. The first kappa shape index (κ1) is 14.6. The van der Waals surface area contributed by atoms with Crippen molar-refractivity contribution in [2.24, 2.45) is 11.8 Å². The summed E-state index contributed by atoms with van der Waals surface area (Å²) in [7, 11) is 3.35. The zero-order chi connectivity index (χ0) is 13.8. The molecule has 2 atom stereocenters. The van der Waals surface area contributed by atoms with E-state index in [1.54, 1.807) is 14.2 Å². The van der Waals surface area contributed by atoms with Crippen molar-refractivity contribution in [3.63, 3.8) is 0 Å². The molecule has 1 amide bonds. The van der Waals surface area contributed by atoms with Gasteiger partial charge in [0.25, 0.3) is 0 Å². The predicted molar refractivity (Wildman–Crippen MR) is 74.6 cm³/mol. The summed E-state index contributed by atoms with van der Waals surface area (Å²) in [5.41, 5.74) is 0. The Morgan fingerprint density at radius 3 is 2.95 bits per heavy atom. The second-order valence-electron chi connectivity index (χ2n) is 4.84. The average molecular weight is 331 g/mol. The van der Waals surface area contributed by atoms with Gasteiger partial charge in [0.15, 0.2) is 4.67 Å². The van der Waals surface area contributed by atoms with Crippen LogP contribution in [0.2, 0.25) is 0 Å². The zero-order valence-corrected chi connectivity index (χ0v) is 12.8. The smallest absolute Gasteiger partial charge is 0.224 e. The van der Waals surface area contributed by atoms with Crippen LogP contribution in [0.4, 0.5) is 0 Å². The first-order valence-electron chi connectivity index (χ1n) is 6.31. The molecule has 6 heteroatoms. The van der Waals surface area contributed by atoms with Crippen molar-refractivity contribution in [1.82, 2.24) is 10.2 Å². The lowest BCUT2D eigenvalue weighted by atomic mass is 9.96. The Bertz CT molecular complexity index is 435. The first-order valence-corrected chi connectivity index (χ1v) is 7.10. The molecule has 1 saturated heterocycles. The van der Waals surface area contributed by atoms with Gasteiger partial charge in [-0.2, -0.15) is 0 Å². The van der Waals surface area contributed by atoms with E-state index in [0.717, 1.165) is 30.1 Å². The minimum absolute atomic E-state index is 0.0108. The molecule has 0 unspecified atom stereocenters. The summed E-state index contributed by atoms with van der Waals surface area (Å²) in [6, 6.07) is 3.83. The molecule has 0 aromatic carbocycles. The van der Waals surface area contributed by atoms with E-state index in [2.05, 4.69) is 26.1 Å². The molecular formula is C13H19BrN2O3. The van der Waals surface area contributed by atoms with E-state index in [0.29, 0.717) is 6.61 Å². The Balaban J connectivity index is 1.98. The fourth-order valence-corrected chi connectivity index (χ4v) is 2.95. The molecule has 19 heavy (non-hydrogen) atoms. The van der Waals surface area contributed by atoms with Gasteiger partial charge in [0.2, 0.25) is 5.91 Å². The molecule has 0 bridgehead atoms. The molecule has 0 spiro atoms. The lowest BCUT2D eigenvalue weighted by molar-refractivity contribution is -0.125. The number of furan rings is 1. The van der Waals surface area contributed by atoms with E-state index in [-0.39, 0.29) is 17.7 Å². The van der Waals surface area contributed by atoms with Crippen LogP contribution in [-0.4, -0.2) is 44.7 Å². The third kappa shape index (κ3) is 3.58. The van der Waals surface area contributed by atoms with Gasteiger partial charge >= 0.3 is 0 Å². The number of carbonyl (C=O) groups is 1. The molecule has 1 N–H and O–H groups in total. The van der Waals surface area contributed by atoms with E-state index < -0.39 is 0 Å². The SMILES string of the molecule is CNC(=O)[C@@H]1CN(Cc2ccc(Br)o2)C[C@H]1COC. The predicted octanol–water partition coefficient (Wildman–Crippen LogP) is 1.48. The maximum atomic E-state index is 11.9. The minimum Gasteiger partial charge on any atom is -0.453 e. The van der Waals surface area contributed by atoms with Crippen LogP contribution in [0.15, 0.2) is 21.2 Å². The van der Waals surface area contributed by atoms with Crippen LogP contribution in [0.25, 0.3) is 0 Å². The monoisotopic (exact) mass is 330 g/mol. The summed E-state index contributed by atoms with van der Waals surface area (Å²) in [6.45, 7) is 2.92. The van der Waals surface area contributed by atoms with Crippen LogP contribution in [0.1, 0.15) is 5.76 Å². The zero-order valence-electron chi connectivity index (χ0n) is 11.2. The van der Waals surface area contributed by atoms with Gasteiger partial charge in [-0.1, -0.05) is 0 Å². The molecule has 2 rings (SSSR count). The molecule has 0 radical (unpaired) electrons. The third-order valence-corrected chi connectivity index (χ3v) is 3.92. The molecule has 1 fully saturated rings. The van der Waals surface area contributed by atoms with Crippen LogP contribution >= 0.6 is 15.9 Å². The highest BCUT2D eigenvalue weighted by molar-refractivity contribution is 9.10. The molecule has 1 aromatic rings. The number of halogens is 1. The number of hydrogen-bond donors (Lipinski definition) is 1. The van der Waals surface area contributed by atoms with Crippen molar-refractivity contribution in [3.05, 3.63) is 22.6 Å². The Hall–Kier alpha value is -0.850. The van der Waals surface area contributed by atoms with Crippen LogP contribution in [0.5, 0.6) is 0 Å². The largest absolute Gasteiger partial charge is 0.453 e. The van der Waals surface area contributed by atoms with E-state index in [1.807, 2.05) is 12.1 Å². The summed E-state index contributed by atoms with van der Waals surface area (Å²) in [4.78, 5) is 14.1. The second kappa shape index (κ2) is 6.54. The number of nitrogens with zero attached hydrogens (tertiary/aromatic N) is 1. The van der Waals surface area contributed by atoms with Crippen molar-refractivity contribution < 1.29 is 13.9 Å². The quantitative estimate of drug-likeness (QED) is 0.888. The number of carbonyl (C=O) groups excluding carboxylic acids is 1. The van der Waals surface area contributed by atoms with Crippen LogP contribution in [0.3, 0.4) is 0 Å². The fraction of sp³-hybridized carbons (Fsp3) is 0.615. The van der Waals surface area contributed by atoms with Crippen molar-refractivity contribution >= 4 is 21.8 Å². The maximum Gasteiger partial charge on any atom is 0.224 e. The van der Waals surface area contributed by atoms with Crippen LogP contribution < -0.4 is 5.32 Å². The third-order valence-electron chi connectivity index (χ3n) is 3.49. The Morgan fingerprint density at radius 2 is 2.37 bits per heavy atom. The molecule has 0 aliphatic carbocycles. The number of likely N-dealkylation sites (tertiary alicyclic amines) is 1. The molecule has 1 aromatic heterocycles.